The summed E-state index contributed by atoms with van der Waals surface area (Å²) in [6.07, 6.45) is 3.78. The fraction of sp³-hybridized carbons (Fsp3) is 0.150. The van der Waals surface area contributed by atoms with Crippen molar-refractivity contribution in [3.63, 3.8) is 0 Å². The quantitative estimate of drug-likeness (QED) is 0.482. The fourth-order valence-corrected chi connectivity index (χ4v) is 2.93. The third-order valence-electron chi connectivity index (χ3n) is 3.97. The molecule has 3 aromatic rings. The first-order valence-electron chi connectivity index (χ1n) is 8.07. The average Bonchev–Trinajstić information content (AvgIpc) is 3.08. The van der Waals surface area contributed by atoms with Gasteiger partial charge in [0.1, 0.15) is 6.61 Å². The van der Waals surface area contributed by atoms with Gasteiger partial charge in [-0.15, -0.1) is 16.9 Å². The monoisotopic (exact) mass is 365 g/mol. The molecule has 26 heavy (non-hydrogen) atoms. The maximum atomic E-state index is 12.4. The van der Waals surface area contributed by atoms with Crippen LogP contribution in [0.2, 0.25) is 0 Å². The Morgan fingerprint density at radius 2 is 2.04 bits per heavy atom. The first-order chi connectivity index (χ1) is 12.6. The zero-order valence-electron chi connectivity index (χ0n) is 14.7. The van der Waals surface area contributed by atoms with Gasteiger partial charge in [0.05, 0.1) is 11.4 Å². The van der Waals surface area contributed by atoms with E-state index in [1.54, 1.807) is 29.4 Å². The van der Waals surface area contributed by atoms with Gasteiger partial charge in [-0.1, -0.05) is 48.2 Å². The van der Waals surface area contributed by atoms with Crippen LogP contribution in [0.1, 0.15) is 27.3 Å². The molecular weight excluding hydrogens is 346 g/mol. The molecule has 0 N–H and O–H groups in total. The van der Waals surface area contributed by atoms with Crippen LogP contribution < -0.4 is 0 Å². The van der Waals surface area contributed by atoms with E-state index in [2.05, 4.69) is 16.9 Å². The molecular formula is C20H19N3O2S. The molecule has 5 nitrogen and oxygen atoms in total. The summed E-state index contributed by atoms with van der Waals surface area (Å²) < 4.78 is 7.03. The van der Waals surface area contributed by atoms with E-state index in [-0.39, 0.29) is 12.3 Å². The SMILES string of the molecule is C=Cc1ccc(COC(=O)c2nnn(-c3cccc(SC)c3)c2C)cc1. The summed E-state index contributed by atoms with van der Waals surface area (Å²) in [5, 5.41) is 8.11. The average molecular weight is 365 g/mol. The van der Waals surface area contributed by atoms with Crippen LogP contribution >= 0.6 is 11.8 Å². The molecule has 0 unspecified atom stereocenters. The molecule has 0 bridgehead atoms. The van der Waals surface area contributed by atoms with Gasteiger partial charge >= 0.3 is 5.97 Å². The van der Waals surface area contributed by atoms with Gasteiger partial charge in [-0.2, -0.15) is 0 Å². The summed E-state index contributed by atoms with van der Waals surface area (Å²) in [6, 6.07) is 15.6. The smallest absolute Gasteiger partial charge is 0.361 e. The Kier molecular flexibility index (Phi) is 5.53. The van der Waals surface area contributed by atoms with Gasteiger partial charge in [0.15, 0.2) is 5.69 Å². The summed E-state index contributed by atoms with van der Waals surface area (Å²) >= 11 is 1.65. The van der Waals surface area contributed by atoms with Crippen LogP contribution in [0.5, 0.6) is 0 Å². The van der Waals surface area contributed by atoms with Crippen molar-refractivity contribution in [2.45, 2.75) is 18.4 Å². The van der Waals surface area contributed by atoms with Crippen LogP contribution in [-0.4, -0.2) is 27.2 Å². The summed E-state index contributed by atoms with van der Waals surface area (Å²) in [4.78, 5) is 13.5. The molecule has 0 amide bonds. The van der Waals surface area contributed by atoms with Gasteiger partial charge in [0, 0.05) is 4.90 Å². The fourth-order valence-electron chi connectivity index (χ4n) is 2.47. The molecule has 1 aromatic heterocycles. The minimum absolute atomic E-state index is 0.185. The molecule has 3 rings (SSSR count). The van der Waals surface area contributed by atoms with Crippen molar-refractivity contribution < 1.29 is 9.53 Å². The molecule has 0 aliphatic carbocycles. The highest BCUT2D eigenvalue weighted by Crippen LogP contribution is 2.20. The number of aromatic nitrogens is 3. The van der Waals surface area contributed by atoms with Crippen molar-refractivity contribution in [2.75, 3.05) is 6.26 Å². The Hall–Kier alpha value is -2.86. The molecule has 0 spiro atoms. The highest BCUT2D eigenvalue weighted by molar-refractivity contribution is 7.98. The summed E-state index contributed by atoms with van der Waals surface area (Å²) in [6.45, 7) is 5.71. The zero-order chi connectivity index (χ0) is 18.5. The topological polar surface area (TPSA) is 57.0 Å². The molecule has 1 heterocycles. The number of carbonyl (C=O) groups is 1. The number of hydrogen-bond acceptors (Lipinski definition) is 5. The van der Waals surface area contributed by atoms with Crippen molar-refractivity contribution in [2.24, 2.45) is 0 Å². The van der Waals surface area contributed by atoms with E-state index in [0.29, 0.717) is 5.69 Å². The van der Waals surface area contributed by atoms with Gasteiger partial charge in [-0.3, -0.25) is 0 Å². The van der Waals surface area contributed by atoms with E-state index in [0.717, 1.165) is 21.7 Å². The minimum atomic E-state index is -0.484. The number of ether oxygens (including phenoxy) is 1. The minimum Gasteiger partial charge on any atom is -0.456 e. The number of carbonyl (C=O) groups excluding carboxylic acids is 1. The second kappa shape index (κ2) is 8.01. The predicted octanol–water partition coefficient (Wildman–Crippen LogP) is 4.30. The van der Waals surface area contributed by atoms with Crippen molar-refractivity contribution in [3.8, 4) is 5.69 Å². The Morgan fingerprint density at radius 1 is 1.27 bits per heavy atom. The number of benzene rings is 2. The maximum Gasteiger partial charge on any atom is 0.361 e. The standard InChI is InChI=1S/C20H19N3O2S/c1-4-15-8-10-16(11-9-15)13-25-20(24)19-14(2)23(22-21-19)17-6-5-7-18(12-17)26-3/h4-12H,1,13H2,2-3H3. The largest absolute Gasteiger partial charge is 0.456 e. The number of thioether (sulfide) groups is 1. The summed E-state index contributed by atoms with van der Waals surface area (Å²) in [5.41, 5.74) is 3.66. The maximum absolute atomic E-state index is 12.4. The molecule has 0 saturated carbocycles. The first-order valence-corrected chi connectivity index (χ1v) is 9.30. The Labute approximate surface area is 156 Å². The Balaban J connectivity index is 1.73. The molecule has 0 aliphatic heterocycles. The van der Waals surface area contributed by atoms with Crippen molar-refractivity contribution in [1.82, 2.24) is 15.0 Å². The van der Waals surface area contributed by atoms with Gasteiger partial charge in [-0.25, -0.2) is 9.48 Å². The number of hydrogen-bond donors (Lipinski definition) is 0. The van der Waals surface area contributed by atoms with Gasteiger partial charge in [0.25, 0.3) is 0 Å². The van der Waals surface area contributed by atoms with Crippen LogP contribution in [0.25, 0.3) is 11.8 Å². The second-order valence-electron chi connectivity index (χ2n) is 5.66. The third kappa shape index (κ3) is 3.86. The predicted molar refractivity (Wildman–Crippen MR) is 104 cm³/mol. The lowest BCUT2D eigenvalue weighted by Gasteiger charge is -2.06. The summed E-state index contributed by atoms with van der Waals surface area (Å²) in [5.74, 6) is -0.484. The van der Waals surface area contributed by atoms with E-state index in [9.17, 15) is 4.79 Å². The molecule has 0 atom stereocenters. The number of rotatable bonds is 6. The molecule has 0 fully saturated rings. The lowest BCUT2D eigenvalue weighted by molar-refractivity contribution is 0.0464. The van der Waals surface area contributed by atoms with E-state index in [4.69, 9.17) is 4.74 Å². The van der Waals surface area contributed by atoms with Crippen LogP contribution in [0.3, 0.4) is 0 Å². The van der Waals surface area contributed by atoms with E-state index >= 15 is 0 Å². The van der Waals surface area contributed by atoms with E-state index in [1.165, 1.54) is 0 Å². The van der Waals surface area contributed by atoms with E-state index in [1.807, 2.05) is 54.8 Å². The van der Waals surface area contributed by atoms with Gasteiger partial charge < -0.3 is 4.74 Å². The lowest BCUT2D eigenvalue weighted by Crippen LogP contribution is -2.08. The third-order valence-corrected chi connectivity index (χ3v) is 4.70. The van der Waals surface area contributed by atoms with Gasteiger partial charge in [-0.05, 0) is 42.5 Å². The van der Waals surface area contributed by atoms with Crippen LogP contribution in [0.15, 0.2) is 60.0 Å². The highest BCUT2D eigenvalue weighted by Gasteiger charge is 2.19. The van der Waals surface area contributed by atoms with Gasteiger partial charge in [0.2, 0.25) is 0 Å². The normalized spacial score (nSPS) is 10.5. The van der Waals surface area contributed by atoms with E-state index < -0.39 is 5.97 Å². The zero-order valence-corrected chi connectivity index (χ0v) is 15.5. The molecule has 6 heteroatoms. The lowest BCUT2D eigenvalue weighted by atomic mass is 10.1. The molecule has 132 valence electrons. The number of nitrogens with zero attached hydrogens (tertiary/aromatic N) is 3. The second-order valence-corrected chi connectivity index (χ2v) is 6.54. The Morgan fingerprint density at radius 3 is 2.73 bits per heavy atom. The van der Waals surface area contributed by atoms with Crippen LogP contribution in [-0.2, 0) is 11.3 Å². The molecule has 2 aromatic carbocycles. The molecule has 0 saturated heterocycles. The Bertz CT molecular complexity index is 932. The van der Waals surface area contributed by atoms with Crippen LogP contribution in [0, 0.1) is 6.92 Å². The van der Waals surface area contributed by atoms with Crippen molar-refractivity contribution in [3.05, 3.63) is 77.6 Å². The molecule has 0 radical (unpaired) electrons. The van der Waals surface area contributed by atoms with Crippen molar-refractivity contribution in [1.29, 1.82) is 0 Å². The highest BCUT2D eigenvalue weighted by atomic mass is 32.2. The first kappa shape index (κ1) is 17.9. The molecule has 0 aliphatic rings. The van der Waals surface area contributed by atoms with Crippen molar-refractivity contribution >= 4 is 23.8 Å². The number of esters is 1. The summed E-state index contributed by atoms with van der Waals surface area (Å²) in [7, 11) is 0. The van der Waals surface area contributed by atoms with Crippen LogP contribution in [0.4, 0.5) is 0 Å².